The molecule has 1 rings (SSSR count). The normalized spacial score (nSPS) is 12.6. The van der Waals surface area contributed by atoms with Crippen LogP contribution in [-0.2, 0) is 11.3 Å². The van der Waals surface area contributed by atoms with Crippen LogP contribution in [0.2, 0.25) is 5.02 Å². The van der Waals surface area contributed by atoms with E-state index in [0.717, 1.165) is 5.56 Å². The van der Waals surface area contributed by atoms with Gasteiger partial charge in [-0.1, -0.05) is 37.6 Å². The van der Waals surface area contributed by atoms with E-state index in [0.29, 0.717) is 11.6 Å². The molecular formula is C13H18ClNOS. The van der Waals surface area contributed by atoms with Crippen LogP contribution in [0, 0.1) is 5.92 Å². The Balaban J connectivity index is 2.63. The van der Waals surface area contributed by atoms with Gasteiger partial charge in [-0.25, -0.2) is 0 Å². The van der Waals surface area contributed by atoms with Crippen LogP contribution in [0.5, 0.6) is 0 Å². The molecule has 0 aliphatic carbocycles. The first-order chi connectivity index (χ1) is 7.91. The molecule has 1 unspecified atom stereocenters. The number of nitrogens with zero attached hydrogens (tertiary/aromatic N) is 1. The van der Waals surface area contributed by atoms with Crippen molar-refractivity contribution >= 4 is 30.1 Å². The van der Waals surface area contributed by atoms with E-state index in [1.165, 1.54) is 0 Å². The molecule has 2 nitrogen and oxygen atoms in total. The molecule has 0 radical (unpaired) electrons. The Kier molecular flexibility index (Phi) is 5.34. The minimum atomic E-state index is -0.243. The molecule has 1 amide bonds. The molecule has 1 atom stereocenters. The maximum absolute atomic E-state index is 12.0. The summed E-state index contributed by atoms with van der Waals surface area (Å²) in [5, 5.41) is 0.462. The highest BCUT2D eigenvalue weighted by Crippen LogP contribution is 2.15. The largest absolute Gasteiger partial charge is 0.340 e. The van der Waals surface area contributed by atoms with Gasteiger partial charge in [0.1, 0.15) is 0 Å². The molecular weight excluding hydrogens is 254 g/mol. The van der Waals surface area contributed by atoms with Crippen LogP contribution in [0.3, 0.4) is 0 Å². The Morgan fingerprint density at radius 1 is 1.35 bits per heavy atom. The number of hydrogen-bond acceptors (Lipinski definition) is 2. The fraction of sp³-hybridized carbons (Fsp3) is 0.462. The van der Waals surface area contributed by atoms with E-state index in [4.69, 9.17) is 11.6 Å². The third kappa shape index (κ3) is 4.25. The van der Waals surface area contributed by atoms with Gasteiger partial charge in [0.05, 0.1) is 5.25 Å². The Morgan fingerprint density at radius 2 is 1.88 bits per heavy atom. The molecule has 17 heavy (non-hydrogen) atoms. The third-order valence-electron chi connectivity index (χ3n) is 2.59. The van der Waals surface area contributed by atoms with Crippen LogP contribution in [-0.4, -0.2) is 23.1 Å². The summed E-state index contributed by atoms with van der Waals surface area (Å²) < 4.78 is 0. The predicted octanol–water partition coefficient (Wildman–Crippen LogP) is 3.25. The highest BCUT2D eigenvalue weighted by Gasteiger charge is 2.21. The van der Waals surface area contributed by atoms with Crippen LogP contribution < -0.4 is 0 Å². The number of carbonyl (C=O) groups is 1. The first-order valence-corrected chi connectivity index (χ1v) is 6.48. The van der Waals surface area contributed by atoms with Crippen molar-refractivity contribution in [3.05, 3.63) is 34.9 Å². The van der Waals surface area contributed by atoms with E-state index in [-0.39, 0.29) is 17.1 Å². The molecule has 4 heteroatoms. The third-order valence-corrected chi connectivity index (χ3v) is 3.66. The minimum absolute atomic E-state index is 0.0540. The lowest BCUT2D eigenvalue weighted by molar-refractivity contribution is -0.130. The second-order valence-corrected chi connectivity index (χ2v) is 5.50. The van der Waals surface area contributed by atoms with Crippen molar-refractivity contribution in [2.45, 2.75) is 25.6 Å². The maximum Gasteiger partial charge on any atom is 0.235 e. The SMILES string of the molecule is CC(C)C(S)C(=O)N(C)Cc1ccc(Cl)cc1. The Hall–Kier alpha value is -0.670. The molecule has 0 N–H and O–H groups in total. The topological polar surface area (TPSA) is 20.3 Å². The summed E-state index contributed by atoms with van der Waals surface area (Å²) in [5.41, 5.74) is 1.06. The molecule has 0 saturated heterocycles. The number of hydrogen-bond donors (Lipinski definition) is 1. The van der Waals surface area contributed by atoms with Crippen molar-refractivity contribution < 1.29 is 4.79 Å². The number of halogens is 1. The smallest absolute Gasteiger partial charge is 0.235 e. The number of amides is 1. The quantitative estimate of drug-likeness (QED) is 0.834. The number of thiol groups is 1. The number of benzene rings is 1. The summed E-state index contributed by atoms with van der Waals surface area (Å²) in [6.07, 6.45) is 0. The van der Waals surface area contributed by atoms with E-state index in [1.54, 1.807) is 11.9 Å². The molecule has 94 valence electrons. The second-order valence-electron chi connectivity index (χ2n) is 4.51. The zero-order chi connectivity index (χ0) is 13.0. The second kappa shape index (κ2) is 6.31. The van der Waals surface area contributed by atoms with E-state index in [9.17, 15) is 4.79 Å². The van der Waals surface area contributed by atoms with Crippen molar-refractivity contribution in [1.82, 2.24) is 4.90 Å². The average molecular weight is 272 g/mol. The van der Waals surface area contributed by atoms with E-state index in [2.05, 4.69) is 12.6 Å². The lowest BCUT2D eigenvalue weighted by Gasteiger charge is -2.23. The first-order valence-electron chi connectivity index (χ1n) is 5.59. The summed E-state index contributed by atoms with van der Waals surface area (Å²) in [4.78, 5) is 13.7. The monoisotopic (exact) mass is 271 g/mol. The fourth-order valence-electron chi connectivity index (χ4n) is 1.45. The molecule has 1 aromatic rings. The van der Waals surface area contributed by atoms with Gasteiger partial charge in [-0.05, 0) is 23.6 Å². The van der Waals surface area contributed by atoms with Crippen LogP contribution in [0.1, 0.15) is 19.4 Å². The summed E-state index contributed by atoms with van der Waals surface area (Å²) in [7, 11) is 1.79. The van der Waals surface area contributed by atoms with Crippen molar-refractivity contribution in [2.75, 3.05) is 7.05 Å². The molecule has 0 saturated carbocycles. The van der Waals surface area contributed by atoms with Crippen LogP contribution in [0.25, 0.3) is 0 Å². The zero-order valence-corrected chi connectivity index (χ0v) is 12.0. The van der Waals surface area contributed by atoms with E-state index >= 15 is 0 Å². The lowest BCUT2D eigenvalue weighted by atomic mass is 10.1. The van der Waals surface area contributed by atoms with Crippen molar-refractivity contribution in [3.8, 4) is 0 Å². The molecule has 0 fully saturated rings. The molecule has 1 aromatic carbocycles. The summed E-state index contributed by atoms with van der Waals surface area (Å²) >= 11 is 10.1. The van der Waals surface area contributed by atoms with E-state index < -0.39 is 0 Å². The summed E-state index contributed by atoms with van der Waals surface area (Å²) in [5.74, 6) is 0.289. The van der Waals surface area contributed by atoms with Gasteiger partial charge in [0, 0.05) is 18.6 Å². The number of carbonyl (C=O) groups excluding carboxylic acids is 1. The molecule has 0 bridgehead atoms. The van der Waals surface area contributed by atoms with Gasteiger partial charge in [-0.2, -0.15) is 12.6 Å². The lowest BCUT2D eigenvalue weighted by Crippen LogP contribution is -2.35. The zero-order valence-electron chi connectivity index (χ0n) is 10.4. The number of rotatable bonds is 4. The Labute approximate surface area is 113 Å². The van der Waals surface area contributed by atoms with Gasteiger partial charge in [0.2, 0.25) is 5.91 Å². The summed E-state index contributed by atoms with van der Waals surface area (Å²) in [6, 6.07) is 7.51. The highest BCUT2D eigenvalue weighted by atomic mass is 35.5. The van der Waals surface area contributed by atoms with Crippen LogP contribution in [0.15, 0.2) is 24.3 Å². The molecule has 0 aliphatic rings. The van der Waals surface area contributed by atoms with Crippen LogP contribution in [0.4, 0.5) is 0 Å². The molecule has 0 spiro atoms. The summed E-state index contributed by atoms with van der Waals surface area (Å²) in [6.45, 7) is 4.57. The first kappa shape index (κ1) is 14.4. The van der Waals surface area contributed by atoms with Gasteiger partial charge in [0.15, 0.2) is 0 Å². The predicted molar refractivity (Wildman–Crippen MR) is 75.5 cm³/mol. The van der Waals surface area contributed by atoms with Gasteiger partial charge in [-0.3, -0.25) is 4.79 Å². The van der Waals surface area contributed by atoms with E-state index in [1.807, 2.05) is 38.1 Å². The van der Waals surface area contributed by atoms with Gasteiger partial charge in [0.25, 0.3) is 0 Å². The fourth-order valence-corrected chi connectivity index (χ4v) is 1.78. The molecule has 0 aliphatic heterocycles. The van der Waals surface area contributed by atoms with Gasteiger partial charge in [-0.15, -0.1) is 0 Å². The standard InChI is InChI=1S/C13H18ClNOS/c1-9(2)12(17)13(16)15(3)8-10-4-6-11(14)7-5-10/h4-7,9,12,17H,8H2,1-3H3. The Bertz CT molecular complexity index is 378. The Morgan fingerprint density at radius 3 is 2.35 bits per heavy atom. The molecule has 0 heterocycles. The van der Waals surface area contributed by atoms with Gasteiger partial charge >= 0.3 is 0 Å². The average Bonchev–Trinajstić information content (AvgIpc) is 2.30. The maximum atomic E-state index is 12.0. The van der Waals surface area contributed by atoms with Crippen LogP contribution >= 0.6 is 24.2 Å². The highest BCUT2D eigenvalue weighted by molar-refractivity contribution is 7.81. The molecule has 0 aromatic heterocycles. The van der Waals surface area contributed by atoms with Gasteiger partial charge < -0.3 is 4.90 Å². The van der Waals surface area contributed by atoms with Crippen molar-refractivity contribution in [2.24, 2.45) is 5.92 Å². The van der Waals surface area contributed by atoms with Crippen molar-refractivity contribution in [3.63, 3.8) is 0 Å². The van der Waals surface area contributed by atoms with Crippen molar-refractivity contribution in [1.29, 1.82) is 0 Å². The minimum Gasteiger partial charge on any atom is -0.340 e.